The monoisotopic (exact) mass is 255 g/mol. The van der Waals surface area contributed by atoms with Crippen LogP contribution < -0.4 is 10.5 Å². The number of ether oxygens (including phenoxy) is 1. The molecule has 0 unspecified atom stereocenters. The van der Waals surface area contributed by atoms with Crippen molar-refractivity contribution in [1.29, 1.82) is 0 Å². The zero-order valence-electron chi connectivity index (χ0n) is 11.2. The highest BCUT2D eigenvalue weighted by atomic mass is 16.5. The highest BCUT2D eigenvalue weighted by molar-refractivity contribution is 5.96. The number of nitrogens with zero attached hydrogens (tertiary/aromatic N) is 2. The maximum atomic E-state index is 5.75. The number of allylic oxidation sites excluding steroid dienone is 2. The Morgan fingerprint density at radius 2 is 2.21 bits per heavy atom. The SMILES string of the molecule is COc1cc(C)c2cnc(N)nc2c1C1=CCCC1. The second-order valence-corrected chi connectivity index (χ2v) is 4.88. The lowest BCUT2D eigenvalue weighted by atomic mass is 9.98. The molecule has 1 aliphatic carbocycles. The smallest absolute Gasteiger partial charge is 0.220 e. The number of methoxy groups -OCH3 is 1. The van der Waals surface area contributed by atoms with Crippen LogP contribution in [0.3, 0.4) is 0 Å². The van der Waals surface area contributed by atoms with Crippen LogP contribution in [0.25, 0.3) is 16.5 Å². The van der Waals surface area contributed by atoms with Crippen LogP contribution in [0.15, 0.2) is 18.3 Å². The zero-order chi connectivity index (χ0) is 13.4. The fraction of sp³-hybridized carbons (Fsp3) is 0.333. The van der Waals surface area contributed by atoms with E-state index in [2.05, 4.69) is 22.1 Å². The first-order valence-electron chi connectivity index (χ1n) is 6.50. The summed E-state index contributed by atoms with van der Waals surface area (Å²) in [7, 11) is 1.70. The number of nitrogens with two attached hydrogens (primary N) is 1. The van der Waals surface area contributed by atoms with Gasteiger partial charge in [0, 0.05) is 17.1 Å². The number of aromatic nitrogens is 2. The Balaban J connectivity index is 2.38. The van der Waals surface area contributed by atoms with Crippen LogP contribution in [0.5, 0.6) is 5.75 Å². The van der Waals surface area contributed by atoms with Gasteiger partial charge in [-0.3, -0.25) is 0 Å². The lowest BCUT2D eigenvalue weighted by Crippen LogP contribution is -2.00. The summed E-state index contributed by atoms with van der Waals surface area (Å²) >= 11 is 0. The quantitative estimate of drug-likeness (QED) is 0.895. The van der Waals surface area contributed by atoms with E-state index in [1.807, 2.05) is 6.92 Å². The second-order valence-electron chi connectivity index (χ2n) is 4.88. The summed E-state index contributed by atoms with van der Waals surface area (Å²) in [5.41, 5.74) is 10.1. The summed E-state index contributed by atoms with van der Waals surface area (Å²) in [4.78, 5) is 8.53. The normalized spacial score (nSPS) is 14.7. The van der Waals surface area contributed by atoms with Crippen molar-refractivity contribution in [1.82, 2.24) is 9.97 Å². The minimum absolute atomic E-state index is 0.306. The Labute approximate surface area is 112 Å². The standard InChI is InChI=1S/C15H17N3O/c1-9-7-12(19-2)13(10-5-3-4-6-10)14-11(9)8-17-15(16)18-14/h5,7-8H,3-4,6H2,1-2H3,(H2,16,17,18). The zero-order valence-corrected chi connectivity index (χ0v) is 11.2. The van der Waals surface area contributed by atoms with Crippen molar-refractivity contribution in [2.24, 2.45) is 0 Å². The van der Waals surface area contributed by atoms with Crippen LogP contribution in [-0.4, -0.2) is 17.1 Å². The van der Waals surface area contributed by atoms with Crippen LogP contribution in [0.4, 0.5) is 5.95 Å². The highest BCUT2D eigenvalue weighted by Gasteiger charge is 2.18. The van der Waals surface area contributed by atoms with E-state index in [-0.39, 0.29) is 0 Å². The molecule has 0 amide bonds. The van der Waals surface area contributed by atoms with Gasteiger partial charge in [0.25, 0.3) is 0 Å². The maximum absolute atomic E-state index is 5.75. The molecule has 1 aromatic heterocycles. The molecule has 4 nitrogen and oxygen atoms in total. The maximum Gasteiger partial charge on any atom is 0.220 e. The van der Waals surface area contributed by atoms with Gasteiger partial charge in [0.15, 0.2) is 0 Å². The van der Waals surface area contributed by atoms with Crippen LogP contribution in [0.2, 0.25) is 0 Å². The number of aryl methyl sites for hydroxylation is 1. The van der Waals surface area contributed by atoms with Gasteiger partial charge in [-0.05, 0) is 43.4 Å². The van der Waals surface area contributed by atoms with E-state index in [1.165, 1.54) is 12.0 Å². The molecule has 98 valence electrons. The number of rotatable bonds is 2. The average molecular weight is 255 g/mol. The molecule has 2 aromatic rings. The first kappa shape index (κ1) is 12.0. The fourth-order valence-electron chi connectivity index (χ4n) is 2.71. The summed E-state index contributed by atoms with van der Waals surface area (Å²) in [6.45, 7) is 2.04. The molecule has 19 heavy (non-hydrogen) atoms. The van der Waals surface area contributed by atoms with Crippen molar-refractivity contribution in [3.8, 4) is 5.75 Å². The molecule has 0 fully saturated rings. The highest BCUT2D eigenvalue weighted by Crippen LogP contribution is 2.39. The molecule has 1 aromatic carbocycles. The predicted octanol–water partition coefficient (Wildman–Crippen LogP) is 3.10. The van der Waals surface area contributed by atoms with Crippen molar-refractivity contribution in [3.05, 3.63) is 29.5 Å². The predicted molar refractivity (Wildman–Crippen MR) is 77.1 cm³/mol. The number of hydrogen-bond donors (Lipinski definition) is 1. The summed E-state index contributed by atoms with van der Waals surface area (Å²) in [6.07, 6.45) is 7.44. The minimum atomic E-state index is 0.306. The van der Waals surface area contributed by atoms with Gasteiger partial charge < -0.3 is 10.5 Å². The molecule has 1 aliphatic rings. The van der Waals surface area contributed by atoms with E-state index in [9.17, 15) is 0 Å². The lowest BCUT2D eigenvalue weighted by Gasteiger charge is -2.14. The number of nitrogen functional groups attached to an aromatic ring is 1. The van der Waals surface area contributed by atoms with E-state index in [1.54, 1.807) is 13.3 Å². The Morgan fingerprint density at radius 3 is 2.89 bits per heavy atom. The second kappa shape index (κ2) is 4.53. The van der Waals surface area contributed by atoms with Gasteiger partial charge in [-0.1, -0.05) is 6.08 Å². The van der Waals surface area contributed by atoms with E-state index >= 15 is 0 Å². The first-order valence-corrected chi connectivity index (χ1v) is 6.50. The number of anilines is 1. The molecular weight excluding hydrogens is 238 g/mol. The Hall–Kier alpha value is -2.10. The summed E-state index contributed by atoms with van der Waals surface area (Å²) in [5.74, 6) is 1.18. The molecule has 0 aliphatic heterocycles. The Bertz CT molecular complexity index is 677. The topological polar surface area (TPSA) is 61.0 Å². The lowest BCUT2D eigenvalue weighted by molar-refractivity contribution is 0.413. The van der Waals surface area contributed by atoms with Gasteiger partial charge in [-0.25, -0.2) is 9.97 Å². The van der Waals surface area contributed by atoms with Crippen LogP contribution in [0.1, 0.15) is 30.4 Å². The van der Waals surface area contributed by atoms with Crippen molar-refractivity contribution in [2.75, 3.05) is 12.8 Å². The molecule has 1 heterocycles. The third-order valence-electron chi connectivity index (χ3n) is 3.65. The van der Waals surface area contributed by atoms with Crippen molar-refractivity contribution < 1.29 is 4.74 Å². The van der Waals surface area contributed by atoms with Crippen LogP contribution in [-0.2, 0) is 0 Å². The molecule has 0 spiro atoms. The van der Waals surface area contributed by atoms with E-state index in [0.717, 1.165) is 40.6 Å². The Kier molecular flexibility index (Phi) is 2.85. The van der Waals surface area contributed by atoms with E-state index < -0.39 is 0 Å². The molecule has 3 rings (SSSR count). The van der Waals surface area contributed by atoms with E-state index in [4.69, 9.17) is 10.5 Å². The molecule has 0 bridgehead atoms. The largest absolute Gasteiger partial charge is 0.496 e. The van der Waals surface area contributed by atoms with Gasteiger partial charge in [0.1, 0.15) is 5.75 Å². The average Bonchev–Trinajstić information content (AvgIpc) is 2.91. The summed E-state index contributed by atoms with van der Waals surface area (Å²) in [6, 6.07) is 2.05. The van der Waals surface area contributed by atoms with Crippen molar-refractivity contribution in [2.45, 2.75) is 26.2 Å². The molecule has 0 saturated heterocycles. The molecular formula is C15H17N3O. The summed E-state index contributed by atoms with van der Waals surface area (Å²) in [5, 5.41) is 1.04. The van der Waals surface area contributed by atoms with Gasteiger partial charge in [-0.2, -0.15) is 0 Å². The van der Waals surface area contributed by atoms with Gasteiger partial charge in [0.05, 0.1) is 12.6 Å². The van der Waals surface area contributed by atoms with Crippen molar-refractivity contribution in [3.63, 3.8) is 0 Å². The fourth-order valence-corrected chi connectivity index (χ4v) is 2.71. The first-order chi connectivity index (χ1) is 9.20. The molecule has 0 atom stereocenters. The van der Waals surface area contributed by atoms with Crippen molar-refractivity contribution >= 4 is 22.4 Å². The molecule has 0 saturated carbocycles. The number of fused-ring (bicyclic) bond motifs is 1. The molecule has 0 radical (unpaired) electrons. The van der Waals surface area contributed by atoms with Gasteiger partial charge in [0.2, 0.25) is 5.95 Å². The molecule has 2 N–H and O–H groups in total. The molecule has 4 heteroatoms. The van der Waals surface area contributed by atoms with Gasteiger partial charge in [-0.15, -0.1) is 0 Å². The Morgan fingerprint density at radius 1 is 1.37 bits per heavy atom. The third kappa shape index (κ3) is 1.93. The third-order valence-corrected chi connectivity index (χ3v) is 3.65. The van der Waals surface area contributed by atoms with Crippen LogP contribution >= 0.6 is 0 Å². The minimum Gasteiger partial charge on any atom is -0.496 e. The number of hydrogen-bond acceptors (Lipinski definition) is 4. The number of benzene rings is 1. The van der Waals surface area contributed by atoms with E-state index in [0.29, 0.717) is 5.95 Å². The summed E-state index contributed by atoms with van der Waals surface area (Å²) < 4.78 is 5.54. The van der Waals surface area contributed by atoms with Crippen LogP contribution in [0, 0.1) is 6.92 Å². The van der Waals surface area contributed by atoms with Gasteiger partial charge >= 0.3 is 0 Å².